The van der Waals surface area contributed by atoms with Crippen molar-refractivity contribution in [3.63, 3.8) is 0 Å². The van der Waals surface area contributed by atoms with Crippen LogP contribution in [0.15, 0.2) is 30.3 Å². The Balaban J connectivity index is 2.08. The van der Waals surface area contributed by atoms with Crippen LogP contribution in [0.25, 0.3) is 0 Å². The zero-order valence-corrected chi connectivity index (χ0v) is 9.70. The van der Waals surface area contributed by atoms with Crippen LogP contribution < -0.4 is 5.32 Å². The van der Waals surface area contributed by atoms with Crippen molar-refractivity contribution in [1.82, 2.24) is 5.32 Å². The molecule has 0 aromatic heterocycles. The quantitative estimate of drug-likeness (QED) is 0.699. The molecular weight excluding hydrogens is 205 g/mol. The minimum atomic E-state index is -1.68. The van der Waals surface area contributed by atoms with E-state index in [0.29, 0.717) is 0 Å². The minimum absolute atomic E-state index is 0.211. The topological polar surface area (TPSA) is 32.3 Å². The van der Waals surface area contributed by atoms with Crippen LogP contribution in [0.1, 0.15) is 25.3 Å². The molecule has 1 aromatic rings. The zero-order valence-electron chi connectivity index (χ0n) is 9.70. The van der Waals surface area contributed by atoms with Crippen molar-refractivity contribution in [3.8, 4) is 0 Å². The van der Waals surface area contributed by atoms with Crippen molar-refractivity contribution in [2.75, 3.05) is 6.54 Å². The molecule has 1 rings (SSSR count). The Labute approximate surface area is 96.5 Å². The second kappa shape index (κ2) is 7.36. The van der Waals surface area contributed by atoms with Crippen molar-refractivity contribution in [2.24, 2.45) is 5.92 Å². The maximum absolute atomic E-state index is 12.3. The van der Waals surface area contributed by atoms with E-state index in [4.69, 9.17) is 5.11 Å². The molecule has 0 aliphatic carbocycles. The van der Waals surface area contributed by atoms with Gasteiger partial charge in [-0.3, -0.25) is 0 Å². The fourth-order valence-electron chi connectivity index (χ4n) is 1.63. The predicted molar refractivity (Wildman–Crippen MR) is 63.7 cm³/mol. The molecule has 0 saturated carbocycles. The van der Waals surface area contributed by atoms with Crippen LogP contribution >= 0.6 is 0 Å². The number of aliphatic hydroxyl groups is 1. The highest BCUT2D eigenvalue weighted by molar-refractivity contribution is 5.14. The molecule has 0 spiro atoms. The summed E-state index contributed by atoms with van der Waals surface area (Å²) in [6.45, 7) is 3.64. The largest absolute Gasteiger partial charge is 0.364 e. The lowest BCUT2D eigenvalue weighted by atomic mass is 10.0. The number of benzene rings is 1. The summed E-state index contributed by atoms with van der Waals surface area (Å²) in [5.74, 6) is 0.211. The molecule has 0 aliphatic heterocycles. The Morgan fingerprint density at radius 2 is 2.00 bits per heavy atom. The van der Waals surface area contributed by atoms with Crippen molar-refractivity contribution in [2.45, 2.75) is 32.7 Å². The van der Waals surface area contributed by atoms with Crippen molar-refractivity contribution < 1.29 is 9.50 Å². The summed E-state index contributed by atoms with van der Waals surface area (Å²) in [6, 6.07) is 10.2. The van der Waals surface area contributed by atoms with E-state index in [1.165, 1.54) is 5.56 Å². The second-order valence-corrected chi connectivity index (χ2v) is 4.23. The number of hydrogen-bond donors (Lipinski definition) is 2. The molecule has 0 fully saturated rings. The summed E-state index contributed by atoms with van der Waals surface area (Å²) < 4.78 is 12.3. The van der Waals surface area contributed by atoms with E-state index in [0.717, 1.165) is 19.5 Å². The van der Waals surface area contributed by atoms with Gasteiger partial charge in [-0.1, -0.05) is 37.3 Å². The van der Waals surface area contributed by atoms with E-state index in [9.17, 15) is 4.39 Å². The van der Waals surface area contributed by atoms with Crippen LogP contribution in [0.5, 0.6) is 0 Å². The Kier molecular flexibility index (Phi) is 6.04. The molecule has 0 aliphatic rings. The van der Waals surface area contributed by atoms with Crippen molar-refractivity contribution >= 4 is 0 Å². The summed E-state index contributed by atoms with van der Waals surface area (Å²) in [5.41, 5.74) is 1.25. The SMILES string of the molecule is CC(CCNCc1ccccc1)CC(O)F. The molecule has 2 nitrogen and oxygen atoms in total. The molecule has 2 atom stereocenters. The number of alkyl halides is 1. The number of halogens is 1. The molecule has 0 heterocycles. The third-order valence-electron chi connectivity index (χ3n) is 2.58. The van der Waals surface area contributed by atoms with E-state index in [1.807, 2.05) is 25.1 Å². The lowest BCUT2D eigenvalue weighted by molar-refractivity contribution is 0.0210. The fourth-order valence-corrected chi connectivity index (χ4v) is 1.63. The first-order valence-electron chi connectivity index (χ1n) is 5.75. The maximum Gasteiger partial charge on any atom is 0.196 e. The van der Waals surface area contributed by atoms with Gasteiger partial charge in [0.2, 0.25) is 0 Å². The summed E-state index contributed by atoms with van der Waals surface area (Å²) >= 11 is 0. The molecule has 1 aromatic carbocycles. The van der Waals surface area contributed by atoms with Crippen molar-refractivity contribution in [1.29, 1.82) is 0 Å². The minimum Gasteiger partial charge on any atom is -0.364 e. The van der Waals surface area contributed by atoms with Crippen LogP contribution in [-0.2, 0) is 6.54 Å². The molecule has 90 valence electrons. The van der Waals surface area contributed by atoms with E-state index < -0.39 is 6.36 Å². The first kappa shape index (κ1) is 13.1. The summed E-state index contributed by atoms with van der Waals surface area (Å²) in [7, 11) is 0. The Morgan fingerprint density at radius 3 is 2.62 bits per heavy atom. The first-order valence-corrected chi connectivity index (χ1v) is 5.75. The zero-order chi connectivity index (χ0) is 11.8. The van der Waals surface area contributed by atoms with Gasteiger partial charge < -0.3 is 10.4 Å². The molecule has 3 heteroatoms. The van der Waals surface area contributed by atoms with Gasteiger partial charge in [0, 0.05) is 13.0 Å². The summed E-state index contributed by atoms with van der Waals surface area (Å²) in [4.78, 5) is 0. The van der Waals surface area contributed by atoms with Gasteiger partial charge in [0.25, 0.3) is 0 Å². The molecule has 0 bridgehead atoms. The van der Waals surface area contributed by atoms with Crippen LogP contribution in [0.3, 0.4) is 0 Å². The standard InChI is InChI=1S/C13H20FNO/c1-11(9-13(14)16)7-8-15-10-12-5-3-2-4-6-12/h2-6,11,13,15-16H,7-10H2,1H3. The van der Waals surface area contributed by atoms with E-state index >= 15 is 0 Å². The van der Waals surface area contributed by atoms with Crippen LogP contribution in [0.4, 0.5) is 4.39 Å². The number of hydrogen-bond acceptors (Lipinski definition) is 2. The lowest BCUT2D eigenvalue weighted by Crippen LogP contribution is -2.18. The monoisotopic (exact) mass is 225 g/mol. The average Bonchev–Trinajstić information content (AvgIpc) is 2.25. The molecule has 0 radical (unpaired) electrons. The maximum atomic E-state index is 12.3. The van der Waals surface area contributed by atoms with Crippen LogP contribution in [0.2, 0.25) is 0 Å². The van der Waals surface area contributed by atoms with E-state index in [1.54, 1.807) is 0 Å². The summed E-state index contributed by atoms with van der Waals surface area (Å²) in [6.07, 6.45) is -0.565. The third kappa shape index (κ3) is 5.83. The Morgan fingerprint density at radius 1 is 1.31 bits per heavy atom. The average molecular weight is 225 g/mol. The first-order chi connectivity index (χ1) is 7.68. The molecule has 2 unspecified atom stereocenters. The lowest BCUT2D eigenvalue weighted by Gasteiger charge is -2.11. The fraction of sp³-hybridized carbons (Fsp3) is 0.538. The molecule has 16 heavy (non-hydrogen) atoms. The smallest absolute Gasteiger partial charge is 0.196 e. The van der Waals surface area contributed by atoms with Gasteiger partial charge in [0.1, 0.15) is 0 Å². The third-order valence-corrected chi connectivity index (χ3v) is 2.58. The van der Waals surface area contributed by atoms with Gasteiger partial charge in [-0.05, 0) is 24.4 Å². The number of nitrogens with one attached hydrogen (secondary N) is 1. The predicted octanol–water partition coefficient (Wildman–Crippen LogP) is 2.48. The normalized spacial score (nSPS) is 14.7. The van der Waals surface area contributed by atoms with Crippen LogP contribution in [-0.4, -0.2) is 18.0 Å². The number of aliphatic hydroxyl groups excluding tert-OH is 1. The molecular formula is C13H20FNO. The highest BCUT2D eigenvalue weighted by Gasteiger charge is 2.07. The van der Waals surface area contributed by atoms with Gasteiger partial charge >= 0.3 is 0 Å². The van der Waals surface area contributed by atoms with Gasteiger partial charge in [-0.2, -0.15) is 0 Å². The molecule has 2 N–H and O–H groups in total. The van der Waals surface area contributed by atoms with Crippen LogP contribution in [0, 0.1) is 5.92 Å². The van der Waals surface area contributed by atoms with Gasteiger partial charge in [0.15, 0.2) is 6.36 Å². The molecule has 0 amide bonds. The Bertz CT molecular complexity index is 277. The van der Waals surface area contributed by atoms with E-state index in [2.05, 4.69) is 17.4 Å². The highest BCUT2D eigenvalue weighted by atomic mass is 19.1. The van der Waals surface area contributed by atoms with Gasteiger partial charge in [0.05, 0.1) is 0 Å². The van der Waals surface area contributed by atoms with Crippen molar-refractivity contribution in [3.05, 3.63) is 35.9 Å². The van der Waals surface area contributed by atoms with Gasteiger partial charge in [-0.15, -0.1) is 0 Å². The van der Waals surface area contributed by atoms with Gasteiger partial charge in [-0.25, -0.2) is 4.39 Å². The van der Waals surface area contributed by atoms with E-state index in [-0.39, 0.29) is 12.3 Å². The second-order valence-electron chi connectivity index (χ2n) is 4.23. The molecule has 0 saturated heterocycles. The number of rotatable bonds is 7. The summed E-state index contributed by atoms with van der Waals surface area (Å²) in [5, 5.41) is 11.9. The Hall–Kier alpha value is -0.930. The highest BCUT2D eigenvalue weighted by Crippen LogP contribution is 2.10.